The second kappa shape index (κ2) is 7.37. The van der Waals surface area contributed by atoms with Crippen LogP contribution in [-0.2, 0) is 0 Å². The van der Waals surface area contributed by atoms with Crippen LogP contribution < -0.4 is 14.8 Å². The molecule has 2 rings (SSSR count). The lowest BCUT2D eigenvalue weighted by atomic mass is 10.1. The molecule has 0 bridgehead atoms. The number of carbonyl (C=O) groups excluding carboxylic acids is 1. The minimum absolute atomic E-state index is 0.00558. The molecule has 0 aliphatic carbocycles. The van der Waals surface area contributed by atoms with Crippen LogP contribution in [0.3, 0.4) is 0 Å². The fourth-order valence-electron chi connectivity index (χ4n) is 1.93. The van der Waals surface area contributed by atoms with Gasteiger partial charge >= 0.3 is 0 Å². The summed E-state index contributed by atoms with van der Waals surface area (Å²) in [6.07, 6.45) is 0. The molecule has 2 aromatic rings. The number of nitrogens with one attached hydrogen (secondary N) is 1. The summed E-state index contributed by atoms with van der Waals surface area (Å²) in [5.41, 5.74) is -0.0815. The number of methoxy groups -OCH3 is 2. The van der Waals surface area contributed by atoms with Gasteiger partial charge in [0.1, 0.15) is 16.5 Å². The van der Waals surface area contributed by atoms with Gasteiger partial charge in [-0.2, -0.15) is 0 Å². The van der Waals surface area contributed by atoms with Crippen LogP contribution >= 0.6 is 23.2 Å². The molecule has 0 saturated heterocycles. The molecule has 7 nitrogen and oxygen atoms in total. The predicted octanol–water partition coefficient (Wildman–Crippen LogP) is 4.17. The molecule has 0 unspecified atom stereocenters. The predicted molar refractivity (Wildman–Crippen MR) is 90.6 cm³/mol. The van der Waals surface area contributed by atoms with Crippen LogP contribution in [-0.4, -0.2) is 25.1 Å². The number of hydrogen-bond acceptors (Lipinski definition) is 5. The first-order valence-electron chi connectivity index (χ1n) is 6.54. The van der Waals surface area contributed by atoms with E-state index < -0.39 is 16.5 Å². The zero-order chi connectivity index (χ0) is 17.9. The summed E-state index contributed by atoms with van der Waals surface area (Å²) >= 11 is 11.6. The summed E-state index contributed by atoms with van der Waals surface area (Å²) in [7, 11) is 2.94. The summed E-state index contributed by atoms with van der Waals surface area (Å²) in [6, 6.07) is 7.12. The maximum absolute atomic E-state index is 12.4. The van der Waals surface area contributed by atoms with Gasteiger partial charge in [-0.1, -0.05) is 23.2 Å². The van der Waals surface area contributed by atoms with E-state index in [-0.39, 0.29) is 15.6 Å². The van der Waals surface area contributed by atoms with Gasteiger partial charge < -0.3 is 14.8 Å². The number of hydrogen-bond donors (Lipinski definition) is 1. The molecule has 0 aliphatic rings. The maximum Gasteiger partial charge on any atom is 0.290 e. The summed E-state index contributed by atoms with van der Waals surface area (Å²) in [5.74, 6) is 0.326. The molecule has 0 heterocycles. The first kappa shape index (κ1) is 17.8. The number of carbonyl (C=O) groups is 1. The molecule has 0 spiro atoms. The second-order valence-electron chi connectivity index (χ2n) is 4.57. The van der Waals surface area contributed by atoms with Gasteiger partial charge in [0.15, 0.2) is 0 Å². The zero-order valence-corrected chi connectivity index (χ0v) is 14.1. The number of ether oxygens (including phenoxy) is 2. The average Bonchev–Trinajstić information content (AvgIpc) is 2.57. The summed E-state index contributed by atoms with van der Waals surface area (Å²) < 4.78 is 10.3. The molecule has 9 heteroatoms. The summed E-state index contributed by atoms with van der Waals surface area (Å²) in [5, 5.41) is 13.3. The Balaban J connectivity index is 2.35. The Hall–Kier alpha value is -2.51. The summed E-state index contributed by atoms with van der Waals surface area (Å²) in [4.78, 5) is 22.6. The largest absolute Gasteiger partial charge is 0.497 e. The quantitative estimate of drug-likeness (QED) is 0.629. The van der Waals surface area contributed by atoms with Gasteiger partial charge in [0, 0.05) is 17.7 Å². The lowest BCUT2D eigenvalue weighted by molar-refractivity contribution is -0.384. The normalized spacial score (nSPS) is 10.2. The molecule has 0 fully saturated rings. The number of benzene rings is 2. The smallest absolute Gasteiger partial charge is 0.290 e. The Morgan fingerprint density at radius 1 is 1.17 bits per heavy atom. The van der Waals surface area contributed by atoms with Gasteiger partial charge in [-0.15, -0.1) is 0 Å². The number of anilines is 1. The monoisotopic (exact) mass is 370 g/mol. The van der Waals surface area contributed by atoms with Crippen molar-refractivity contribution in [1.29, 1.82) is 0 Å². The van der Waals surface area contributed by atoms with Gasteiger partial charge in [0.25, 0.3) is 11.6 Å². The van der Waals surface area contributed by atoms with Crippen LogP contribution in [0.15, 0.2) is 30.3 Å². The number of nitro benzene ring substituents is 1. The van der Waals surface area contributed by atoms with Crippen molar-refractivity contribution in [2.45, 2.75) is 0 Å². The van der Waals surface area contributed by atoms with Crippen LogP contribution in [0, 0.1) is 10.1 Å². The SMILES string of the molecule is COc1ccc(NC(=O)c2cc(Cl)c(Cl)c([N+](=O)[O-])c2)c(OC)c1. The molecule has 24 heavy (non-hydrogen) atoms. The second-order valence-corrected chi connectivity index (χ2v) is 5.35. The van der Waals surface area contributed by atoms with E-state index in [1.807, 2.05) is 0 Å². The minimum atomic E-state index is -0.709. The first-order valence-corrected chi connectivity index (χ1v) is 7.29. The van der Waals surface area contributed by atoms with Crippen LogP contribution in [0.25, 0.3) is 0 Å². The summed E-state index contributed by atoms with van der Waals surface area (Å²) in [6.45, 7) is 0. The topological polar surface area (TPSA) is 90.7 Å². The fraction of sp³-hybridized carbons (Fsp3) is 0.133. The van der Waals surface area contributed by atoms with Crippen LogP contribution in [0.4, 0.5) is 11.4 Å². The third-order valence-electron chi connectivity index (χ3n) is 3.12. The fourth-order valence-corrected chi connectivity index (χ4v) is 2.33. The van der Waals surface area contributed by atoms with E-state index in [0.717, 1.165) is 6.07 Å². The molecule has 0 radical (unpaired) electrons. The van der Waals surface area contributed by atoms with Crippen molar-refractivity contribution < 1.29 is 19.2 Å². The van der Waals surface area contributed by atoms with Crippen molar-refractivity contribution in [3.05, 3.63) is 56.1 Å². The Morgan fingerprint density at radius 3 is 2.46 bits per heavy atom. The Kier molecular flexibility index (Phi) is 5.48. The molecule has 1 amide bonds. The lowest BCUT2D eigenvalue weighted by Crippen LogP contribution is -2.13. The Labute approximate surface area is 147 Å². The Bertz CT molecular complexity index is 811. The molecule has 0 atom stereocenters. The number of rotatable bonds is 5. The van der Waals surface area contributed by atoms with Crippen LogP contribution in [0.1, 0.15) is 10.4 Å². The van der Waals surface area contributed by atoms with Gasteiger partial charge in [0.2, 0.25) is 0 Å². The third kappa shape index (κ3) is 3.69. The van der Waals surface area contributed by atoms with Gasteiger partial charge in [0.05, 0.1) is 29.9 Å². The highest BCUT2D eigenvalue weighted by molar-refractivity contribution is 6.43. The number of halogens is 2. The molecule has 1 N–H and O–H groups in total. The highest BCUT2D eigenvalue weighted by atomic mass is 35.5. The van der Waals surface area contributed by atoms with Crippen molar-refractivity contribution >= 4 is 40.5 Å². The molecular weight excluding hydrogens is 359 g/mol. The van der Waals surface area contributed by atoms with Gasteiger partial charge in [-0.25, -0.2) is 0 Å². The molecule has 2 aromatic carbocycles. The van der Waals surface area contributed by atoms with E-state index in [0.29, 0.717) is 17.2 Å². The molecular formula is C15H12Cl2N2O5. The van der Waals surface area contributed by atoms with Gasteiger partial charge in [-0.3, -0.25) is 14.9 Å². The number of nitrogens with zero attached hydrogens (tertiary/aromatic N) is 1. The van der Waals surface area contributed by atoms with E-state index in [9.17, 15) is 14.9 Å². The van der Waals surface area contributed by atoms with E-state index in [1.54, 1.807) is 18.2 Å². The third-order valence-corrected chi connectivity index (χ3v) is 3.92. The number of amides is 1. The maximum atomic E-state index is 12.4. The van der Waals surface area contributed by atoms with Crippen LogP contribution in [0.5, 0.6) is 11.5 Å². The van der Waals surface area contributed by atoms with Crippen molar-refractivity contribution in [3.8, 4) is 11.5 Å². The first-order chi connectivity index (χ1) is 11.4. The van der Waals surface area contributed by atoms with Gasteiger partial charge in [-0.05, 0) is 18.2 Å². The van der Waals surface area contributed by atoms with Crippen LogP contribution in [0.2, 0.25) is 10.0 Å². The molecule has 126 valence electrons. The van der Waals surface area contributed by atoms with Crippen molar-refractivity contribution in [1.82, 2.24) is 0 Å². The Morgan fingerprint density at radius 2 is 1.88 bits per heavy atom. The van der Waals surface area contributed by atoms with E-state index in [2.05, 4.69) is 5.32 Å². The molecule has 0 aromatic heterocycles. The van der Waals surface area contributed by atoms with Crippen molar-refractivity contribution in [2.24, 2.45) is 0 Å². The molecule has 0 saturated carbocycles. The number of nitro groups is 1. The highest BCUT2D eigenvalue weighted by Crippen LogP contribution is 2.34. The standard InChI is InChI=1S/C15H12Cl2N2O5/c1-23-9-3-4-11(13(7-9)24-2)18-15(20)8-5-10(16)14(17)12(6-8)19(21)22/h3-7H,1-2H3,(H,18,20). The lowest BCUT2D eigenvalue weighted by Gasteiger charge is -2.12. The van der Waals surface area contributed by atoms with Crippen molar-refractivity contribution in [2.75, 3.05) is 19.5 Å². The van der Waals surface area contributed by atoms with E-state index in [4.69, 9.17) is 32.7 Å². The molecule has 0 aliphatic heterocycles. The van der Waals surface area contributed by atoms with E-state index >= 15 is 0 Å². The zero-order valence-electron chi connectivity index (χ0n) is 12.6. The van der Waals surface area contributed by atoms with E-state index in [1.165, 1.54) is 20.3 Å². The van der Waals surface area contributed by atoms with Crippen molar-refractivity contribution in [3.63, 3.8) is 0 Å². The highest BCUT2D eigenvalue weighted by Gasteiger charge is 2.21. The minimum Gasteiger partial charge on any atom is -0.497 e. The average molecular weight is 371 g/mol.